The molecule has 1 aromatic carbocycles. The van der Waals surface area contributed by atoms with E-state index in [0.29, 0.717) is 6.54 Å². The van der Waals surface area contributed by atoms with Crippen LogP contribution in [0, 0.1) is 5.41 Å². The van der Waals surface area contributed by atoms with Crippen molar-refractivity contribution in [1.82, 2.24) is 14.9 Å². The number of phenols is 1. The number of carbonyl (C=O) groups is 1. The number of carbonyl (C=O) groups excluding carboxylic acids is 1. The van der Waals surface area contributed by atoms with Gasteiger partial charge in [0.2, 0.25) is 0 Å². The second kappa shape index (κ2) is 5.21. The summed E-state index contributed by atoms with van der Waals surface area (Å²) < 4.78 is 1.76. The van der Waals surface area contributed by atoms with Crippen LogP contribution in [0.1, 0.15) is 23.2 Å². The SMILES string of the molecule is O=C(NCC1(CO)CC1)c1cc(-n2ccnc2)ccc1O. The van der Waals surface area contributed by atoms with Gasteiger partial charge in [-0.2, -0.15) is 0 Å². The molecule has 1 saturated carbocycles. The predicted octanol–water partition coefficient (Wildman–Crippen LogP) is 1.08. The van der Waals surface area contributed by atoms with E-state index in [2.05, 4.69) is 10.3 Å². The quantitative estimate of drug-likeness (QED) is 0.768. The molecule has 1 fully saturated rings. The summed E-state index contributed by atoms with van der Waals surface area (Å²) >= 11 is 0. The van der Waals surface area contributed by atoms with E-state index in [-0.39, 0.29) is 29.2 Å². The maximum absolute atomic E-state index is 12.2. The summed E-state index contributed by atoms with van der Waals surface area (Å²) in [4.78, 5) is 16.2. The van der Waals surface area contributed by atoms with Gasteiger partial charge < -0.3 is 20.1 Å². The molecule has 3 rings (SSSR count). The first-order chi connectivity index (χ1) is 10.1. The van der Waals surface area contributed by atoms with Crippen molar-refractivity contribution in [3.05, 3.63) is 42.5 Å². The minimum atomic E-state index is -0.339. The number of imidazole rings is 1. The van der Waals surface area contributed by atoms with Crippen LogP contribution in [0.5, 0.6) is 5.75 Å². The van der Waals surface area contributed by atoms with Crippen LogP contribution in [0.2, 0.25) is 0 Å². The predicted molar refractivity (Wildman–Crippen MR) is 76.3 cm³/mol. The van der Waals surface area contributed by atoms with Gasteiger partial charge in [-0.25, -0.2) is 4.98 Å². The molecule has 0 aliphatic heterocycles. The lowest BCUT2D eigenvalue weighted by Crippen LogP contribution is -2.31. The molecule has 3 N–H and O–H groups in total. The lowest BCUT2D eigenvalue weighted by Gasteiger charge is -2.14. The summed E-state index contributed by atoms with van der Waals surface area (Å²) in [5, 5.41) is 21.9. The van der Waals surface area contributed by atoms with Crippen LogP contribution in [0.3, 0.4) is 0 Å². The lowest BCUT2D eigenvalue weighted by atomic mass is 10.1. The average molecular weight is 287 g/mol. The molecule has 0 bridgehead atoms. The molecule has 1 aliphatic carbocycles. The van der Waals surface area contributed by atoms with Crippen molar-refractivity contribution in [3.8, 4) is 11.4 Å². The van der Waals surface area contributed by atoms with Crippen molar-refractivity contribution < 1.29 is 15.0 Å². The van der Waals surface area contributed by atoms with Gasteiger partial charge in [-0.05, 0) is 31.0 Å². The largest absolute Gasteiger partial charge is 0.507 e. The molecule has 2 aromatic rings. The number of nitrogens with zero attached hydrogens (tertiary/aromatic N) is 2. The van der Waals surface area contributed by atoms with E-state index in [0.717, 1.165) is 18.5 Å². The number of aliphatic hydroxyl groups is 1. The zero-order chi connectivity index (χ0) is 14.9. The summed E-state index contributed by atoms with van der Waals surface area (Å²) in [5.41, 5.74) is 0.807. The van der Waals surface area contributed by atoms with Crippen molar-refractivity contribution in [3.63, 3.8) is 0 Å². The van der Waals surface area contributed by atoms with Gasteiger partial charge in [-0.1, -0.05) is 0 Å². The molecule has 6 nitrogen and oxygen atoms in total. The summed E-state index contributed by atoms with van der Waals surface area (Å²) in [5.74, 6) is -0.403. The van der Waals surface area contributed by atoms with Crippen LogP contribution in [-0.4, -0.2) is 38.8 Å². The minimum Gasteiger partial charge on any atom is -0.507 e. The van der Waals surface area contributed by atoms with E-state index < -0.39 is 0 Å². The van der Waals surface area contributed by atoms with Crippen molar-refractivity contribution in [2.75, 3.05) is 13.2 Å². The number of aliphatic hydroxyl groups excluding tert-OH is 1. The number of hydrogen-bond donors (Lipinski definition) is 3. The van der Waals surface area contributed by atoms with Crippen LogP contribution in [0.25, 0.3) is 5.69 Å². The number of rotatable bonds is 5. The number of amides is 1. The van der Waals surface area contributed by atoms with Gasteiger partial charge in [0.15, 0.2) is 0 Å². The monoisotopic (exact) mass is 287 g/mol. The van der Waals surface area contributed by atoms with Crippen molar-refractivity contribution >= 4 is 5.91 Å². The zero-order valence-corrected chi connectivity index (χ0v) is 11.5. The Morgan fingerprint density at radius 3 is 2.86 bits per heavy atom. The van der Waals surface area contributed by atoms with Gasteiger partial charge in [0, 0.05) is 30.0 Å². The van der Waals surface area contributed by atoms with Crippen LogP contribution in [0.15, 0.2) is 36.9 Å². The maximum Gasteiger partial charge on any atom is 0.255 e. The summed E-state index contributed by atoms with van der Waals surface area (Å²) in [7, 11) is 0. The number of hydrogen-bond acceptors (Lipinski definition) is 4. The van der Waals surface area contributed by atoms with Crippen LogP contribution >= 0.6 is 0 Å². The molecule has 0 saturated heterocycles. The molecule has 21 heavy (non-hydrogen) atoms. The second-order valence-electron chi connectivity index (χ2n) is 5.51. The highest BCUT2D eigenvalue weighted by molar-refractivity contribution is 5.97. The van der Waals surface area contributed by atoms with E-state index in [9.17, 15) is 15.0 Å². The molecule has 1 amide bonds. The first-order valence-electron chi connectivity index (χ1n) is 6.84. The molecular formula is C15H17N3O3. The molecule has 0 spiro atoms. The van der Waals surface area contributed by atoms with Gasteiger partial charge in [0.05, 0.1) is 18.5 Å². The van der Waals surface area contributed by atoms with Gasteiger partial charge in [-0.15, -0.1) is 0 Å². The Hall–Kier alpha value is -2.34. The normalized spacial score (nSPS) is 15.7. The first-order valence-corrected chi connectivity index (χ1v) is 6.84. The third-order valence-electron chi connectivity index (χ3n) is 3.94. The molecule has 1 aromatic heterocycles. The van der Waals surface area contributed by atoms with E-state index in [1.807, 2.05) is 0 Å². The van der Waals surface area contributed by atoms with Crippen molar-refractivity contribution in [2.45, 2.75) is 12.8 Å². The average Bonchev–Trinajstić information content (AvgIpc) is 3.08. The Kier molecular flexibility index (Phi) is 3.39. The lowest BCUT2D eigenvalue weighted by molar-refractivity contribution is 0.0932. The molecule has 1 aliphatic rings. The maximum atomic E-state index is 12.2. The van der Waals surface area contributed by atoms with Crippen molar-refractivity contribution in [2.24, 2.45) is 5.41 Å². The highest BCUT2D eigenvalue weighted by atomic mass is 16.3. The summed E-state index contributed by atoms with van der Waals surface area (Å²) in [6, 6.07) is 4.82. The molecule has 0 atom stereocenters. The smallest absolute Gasteiger partial charge is 0.255 e. The van der Waals surface area contributed by atoms with E-state index >= 15 is 0 Å². The van der Waals surface area contributed by atoms with Crippen LogP contribution in [0.4, 0.5) is 0 Å². The fourth-order valence-electron chi connectivity index (χ4n) is 2.21. The number of phenolic OH excluding ortho intramolecular Hbond substituents is 1. The Morgan fingerprint density at radius 2 is 2.24 bits per heavy atom. The van der Waals surface area contributed by atoms with E-state index in [4.69, 9.17) is 0 Å². The Balaban J connectivity index is 1.77. The number of aromatic nitrogens is 2. The topological polar surface area (TPSA) is 87.4 Å². The zero-order valence-electron chi connectivity index (χ0n) is 11.5. The highest BCUT2D eigenvalue weighted by Crippen LogP contribution is 2.44. The fourth-order valence-corrected chi connectivity index (χ4v) is 2.21. The van der Waals surface area contributed by atoms with Crippen LogP contribution in [-0.2, 0) is 0 Å². The van der Waals surface area contributed by atoms with Crippen molar-refractivity contribution in [1.29, 1.82) is 0 Å². The Bertz CT molecular complexity index is 648. The summed E-state index contributed by atoms with van der Waals surface area (Å²) in [6.45, 7) is 0.505. The van der Waals surface area contributed by atoms with Gasteiger partial charge >= 0.3 is 0 Å². The first kappa shape index (κ1) is 13.6. The number of nitrogens with one attached hydrogen (secondary N) is 1. The third-order valence-corrected chi connectivity index (χ3v) is 3.94. The molecule has 0 unspecified atom stereocenters. The third kappa shape index (κ3) is 2.75. The minimum absolute atomic E-state index is 0.0646. The summed E-state index contributed by atoms with van der Waals surface area (Å²) in [6.07, 6.45) is 6.87. The van der Waals surface area contributed by atoms with Gasteiger partial charge in [0.1, 0.15) is 5.75 Å². The Labute approximate surface area is 122 Å². The molecule has 1 heterocycles. The van der Waals surface area contributed by atoms with E-state index in [1.165, 1.54) is 6.07 Å². The van der Waals surface area contributed by atoms with E-state index in [1.54, 1.807) is 35.4 Å². The second-order valence-corrected chi connectivity index (χ2v) is 5.51. The highest BCUT2D eigenvalue weighted by Gasteiger charge is 2.42. The van der Waals surface area contributed by atoms with Crippen LogP contribution < -0.4 is 5.32 Å². The molecule has 6 heteroatoms. The Morgan fingerprint density at radius 1 is 1.43 bits per heavy atom. The van der Waals surface area contributed by atoms with Gasteiger partial charge in [-0.3, -0.25) is 4.79 Å². The molecular weight excluding hydrogens is 270 g/mol. The molecule has 0 radical (unpaired) electrons. The number of aromatic hydroxyl groups is 1. The molecule has 110 valence electrons. The van der Waals surface area contributed by atoms with Gasteiger partial charge in [0.25, 0.3) is 5.91 Å². The fraction of sp³-hybridized carbons (Fsp3) is 0.333. The standard InChI is InChI=1S/C15H17N3O3/c19-9-15(3-4-15)8-17-14(21)12-7-11(1-2-13(12)20)18-6-5-16-10-18/h1-2,5-7,10,19-20H,3-4,8-9H2,(H,17,21). The number of benzene rings is 1.